The van der Waals surface area contributed by atoms with Crippen molar-refractivity contribution in [3.63, 3.8) is 0 Å². The number of fused-ring (bicyclic) bond motifs is 1. The molecule has 0 saturated carbocycles. The van der Waals surface area contributed by atoms with Gasteiger partial charge < -0.3 is 5.73 Å². The summed E-state index contributed by atoms with van der Waals surface area (Å²) in [4.78, 5) is 0. The summed E-state index contributed by atoms with van der Waals surface area (Å²) in [6, 6.07) is 15.0. The first kappa shape index (κ1) is 14.0. The lowest BCUT2D eigenvalue weighted by atomic mass is 9.96. The molecule has 2 aromatic rings. The molecule has 0 aromatic heterocycles. The lowest BCUT2D eigenvalue weighted by Crippen LogP contribution is -2.10. The van der Waals surface area contributed by atoms with Gasteiger partial charge in [0.25, 0.3) is 0 Å². The van der Waals surface area contributed by atoms with Crippen LogP contribution in [-0.4, -0.2) is 0 Å². The van der Waals surface area contributed by atoms with Crippen LogP contribution in [0.3, 0.4) is 0 Å². The number of nitrogens with two attached hydrogens (primary N) is 1. The highest BCUT2D eigenvalue weighted by Crippen LogP contribution is 2.25. The second-order valence-corrected chi connectivity index (χ2v) is 4.32. The summed E-state index contributed by atoms with van der Waals surface area (Å²) < 4.78 is 0. The van der Waals surface area contributed by atoms with E-state index in [4.69, 9.17) is 5.73 Å². The molecule has 0 radical (unpaired) electrons. The van der Waals surface area contributed by atoms with E-state index in [0.717, 1.165) is 6.42 Å². The number of rotatable bonds is 4. The van der Waals surface area contributed by atoms with Gasteiger partial charge in [-0.05, 0) is 22.8 Å². The standard InChI is InChI=1S/C15H19N.ClH/c1-2-3-11-15(16)14-10-6-8-12-7-4-5-9-13(12)14;/h4-10,15H,2-3,11,16H2,1H3;1H/t15-;/m0./s1. The molecule has 0 spiro atoms. The Kier molecular flexibility index (Phi) is 5.46. The maximum absolute atomic E-state index is 6.25. The van der Waals surface area contributed by atoms with Gasteiger partial charge in [-0.1, -0.05) is 62.2 Å². The highest BCUT2D eigenvalue weighted by molar-refractivity contribution is 5.86. The topological polar surface area (TPSA) is 26.0 Å². The quantitative estimate of drug-likeness (QED) is 0.851. The van der Waals surface area contributed by atoms with E-state index < -0.39 is 0 Å². The monoisotopic (exact) mass is 249 g/mol. The Morgan fingerprint density at radius 3 is 2.53 bits per heavy atom. The van der Waals surface area contributed by atoms with Crippen molar-refractivity contribution in [1.82, 2.24) is 0 Å². The largest absolute Gasteiger partial charge is 0.324 e. The molecule has 17 heavy (non-hydrogen) atoms. The minimum atomic E-state index is 0. The van der Waals surface area contributed by atoms with E-state index >= 15 is 0 Å². The minimum Gasteiger partial charge on any atom is -0.324 e. The molecule has 0 aliphatic rings. The molecule has 0 amide bonds. The van der Waals surface area contributed by atoms with Gasteiger partial charge in [-0.3, -0.25) is 0 Å². The molecule has 1 nitrogen and oxygen atoms in total. The summed E-state index contributed by atoms with van der Waals surface area (Å²) in [5.41, 5.74) is 7.53. The van der Waals surface area contributed by atoms with Crippen molar-refractivity contribution in [1.29, 1.82) is 0 Å². The zero-order valence-corrected chi connectivity index (χ0v) is 11.0. The van der Waals surface area contributed by atoms with E-state index in [-0.39, 0.29) is 18.4 Å². The second kappa shape index (κ2) is 6.63. The molecular weight excluding hydrogens is 230 g/mol. The van der Waals surface area contributed by atoms with E-state index in [1.54, 1.807) is 0 Å². The minimum absolute atomic E-state index is 0. The van der Waals surface area contributed by atoms with Gasteiger partial charge in [0.2, 0.25) is 0 Å². The van der Waals surface area contributed by atoms with Crippen LogP contribution in [0.2, 0.25) is 0 Å². The summed E-state index contributed by atoms with van der Waals surface area (Å²) in [6.45, 7) is 2.20. The molecule has 0 aliphatic carbocycles. The van der Waals surface area contributed by atoms with E-state index in [0.29, 0.717) is 0 Å². The van der Waals surface area contributed by atoms with Crippen molar-refractivity contribution < 1.29 is 0 Å². The third-order valence-corrected chi connectivity index (χ3v) is 3.09. The number of hydrogen-bond donors (Lipinski definition) is 1. The van der Waals surface area contributed by atoms with Crippen molar-refractivity contribution in [3.8, 4) is 0 Å². The third-order valence-electron chi connectivity index (χ3n) is 3.09. The first-order valence-corrected chi connectivity index (χ1v) is 6.06. The summed E-state index contributed by atoms with van der Waals surface area (Å²) >= 11 is 0. The molecule has 2 N–H and O–H groups in total. The predicted octanol–water partition coefficient (Wildman–Crippen LogP) is 4.45. The summed E-state index contributed by atoms with van der Waals surface area (Å²) in [7, 11) is 0. The first-order valence-electron chi connectivity index (χ1n) is 6.06. The lowest BCUT2D eigenvalue weighted by Gasteiger charge is -2.14. The Hall–Kier alpha value is -1.05. The van der Waals surface area contributed by atoms with Crippen LogP contribution in [-0.2, 0) is 0 Å². The Balaban J connectivity index is 0.00000144. The van der Waals surface area contributed by atoms with Gasteiger partial charge in [-0.25, -0.2) is 0 Å². The number of halogens is 1. The van der Waals surface area contributed by atoms with Crippen molar-refractivity contribution in [3.05, 3.63) is 48.0 Å². The summed E-state index contributed by atoms with van der Waals surface area (Å²) in [5, 5.41) is 2.58. The zero-order valence-electron chi connectivity index (χ0n) is 10.2. The van der Waals surface area contributed by atoms with Gasteiger partial charge in [0.15, 0.2) is 0 Å². The van der Waals surface area contributed by atoms with Crippen LogP contribution >= 0.6 is 12.4 Å². The van der Waals surface area contributed by atoms with E-state index in [1.165, 1.54) is 29.2 Å². The fourth-order valence-corrected chi connectivity index (χ4v) is 2.15. The van der Waals surface area contributed by atoms with Crippen molar-refractivity contribution >= 4 is 23.2 Å². The number of benzene rings is 2. The highest BCUT2D eigenvalue weighted by Gasteiger charge is 2.08. The predicted molar refractivity (Wildman–Crippen MR) is 77.6 cm³/mol. The van der Waals surface area contributed by atoms with Gasteiger partial charge in [0, 0.05) is 6.04 Å². The van der Waals surface area contributed by atoms with Crippen molar-refractivity contribution in [2.24, 2.45) is 5.73 Å². The van der Waals surface area contributed by atoms with Gasteiger partial charge in [0.1, 0.15) is 0 Å². The van der Waals surface area contributed by atoms with Crippen LogP contribution in [0.1, 0.15) is 37.8 Å². The zero-order chi connectivity index (χ0) is 11.4. The van der Waals surface area contributed by atoms with Crippen molar-refractivity contribution in [2.45, 2.75) is 32.2 Å². The summed E-state index contributed by atoms with van der Waals surface area (Å²) in [5.74, 6) is 0. The molecule has 0 bridgehead atoms. The summed E-state index contributed by atoms with van der Waals surface area (Å²) in [6.07, 6.45) is 3.48. The Morgan fingerprint density at radius 1 is 1.06 bits per heavy atom. The van der Waals surface area contributed by atoms with Crippen LogP contribution in [0.25, 0.3) is 10.8 Å². The average Bonchev–Trinajstić information content (AvgIpc) is 2.35. The van der Waals surface area contributed by atoms with Gasteiger partial charge >= 0.3 is 0 Å². The Labute approximate surface area is 109 Å². The fraction of sp³-hybridized carbons (Fsp3) is 0.333. The van der Waals surface area contributed by atoms with Gasteiger partial charge in [-0.2, -0.15) is 0 Å². The molecule has 0 saturated heterocycles. The average molecular weight is 250 g/mol. The van der Waals surface area contributed by atoms with Gasteiger partial charge in [0.05, 0.1) is 0 Å². The third kappa shape index (κ3) is 3.21. The Bertz CT molecular complexity index is 462. The van der Waals surface area contributed by atoms with Crippen LogP contribution < -0.4 is 5.73 Å². The molecule has 2 aromatic carbocycles. The number of unbranched alkanes of at least 4 members (excludes halogenated alkanes) is 1. The molecule has 0 aliphatic heterocycles. The number of hydrogen-bond acceptors (Lipinski definition) is 1. The van der Waals surface area contributed by atoms with E-state index in [1.807, 2.05) is 0 Å². The van der Waals surface area contributed by atoms with Crippen molar-refractivity contribution in [2.75, 3.05) is 0 Å². The Morgan fingerprint density at radius 2 is 1.76 bits per heavy atom. The molecular formula is C15H20ClN. The maximum Gasteiger partial charge on any atom is 0.0301 e. The second-order valence-electron chi connectivity index (χ2n) is 4.32. The van der Waals surface area contributed by atoms with E-state index in [9.17, 15) is 0 Å². The van der Waals surface area contributed by atoms with Crippen LogP contribution in [0.5, 0.6) is 0 Å². The SMILES string of the molecule is CCCC[C@H](N)c1cccc2ccccc12.Cl. The van der Waals surface area contributed by atoms with Crippen LogP contribution in [0.4, 0.5) is 0 Å². The van der Waals surface area contributed by atoms with Gasteiger partial charge in [-0.15, -0.1) is 12.4 Å². The molecule has 0 heterocycles. The molecule has 2 heteroatoms. The van der Waals surface area contributed by atoms with Crippen LogP contribution in [0, 0.1) is 0 Å². The molecule has 1 atom stereocenters. The molecule has 2 rings (SSSR count). The van der Waals surface area contributed by atoms with Crippen LogP contribution in [0.15, 0.2) is 42.5 Å². The smallest absolute Gasteiger partial charge is 0.0301 e. The fourth-order valence-electron chi connectivity index (χ4n) is 2.15. The lowest BCUT2D eigenvalue weighted by molar-refractivity contribution is 0.607. The van der Waals surface area contributed by atoms with E-state index in [2.05, 4.69) is 49.4 Å². The first-order chi connectivity index (χ1) is 7.83. The molecule has 0 unspecified atom stereocenters. The highest BCUT2D eigenvalue weighted by atomic mass is 35.5. The molecule has 0 fully saturated rings. The molecule has 92 valence electrons. The normalized spacial score (nSPS) is 12.1. The maximum atomic E-state index is 6.25.